The van der Waals surface area contributed by atoms with Crippen LogP contribution in [-0.4, -0.2) is 23.5 Å². The van der Waals surface area contributed by atoms with Crippen molar-refractivity contribution < 1.29 is 4.79 Å². The van der Waals surface area contributed by atoms with Crippen LogP contribution >= 0.6 is 11.3 Å². The van der Waals surface area contributed by atoms with E-state index in [0.29, 0.717) is 10.5 Å². The van der Waals surface area contributed by atoms with E-state index < -0.39 is 0 Å². The number of fused-ring (bicyclic) bond motifs is 1. The first-order chi connectivity index (χ1) is 5.31. The topological polar surface area (TPSA) is 34.4 Å². The first kappa shape index (κ1) is 6.60. The van der Waals surface area contributed by atoms with Crippen molar-refractivity contribution in [3.05, 3.63) is 18.2 Å². The summed E-state index contributed by atoms with van der Waals surface area (Å²) in [5.74, 6) is 0. The van der Waals surface area contributed by atoms with E-state index in [4.69, 9.17) is 7.85 Å². The van der Waals surface area contributed by atoms with E-state index in [1.54, 1.807) is 16.9 Å². The number of hydrogen-bond donors (Lipinski definition) is 0. The van der Waals surface area contributed by atoms with E-state index in [1.807, 2.05) is 0 Å². The number of carbonyl (C=O) groups is 1. The Morgan fingerprint density at radius 2 is 2.55 bits per heavy atom. The SMILES string of the molecule is [B]c1cn2cnc(C=O)c2s1. The molecule has 0 atom stereocenters. The highest BCUT2D eigenvalue weighted by molar-refractivity contribution is 7.25. The lowest BCUT2D eigenvalue weighted by atomic mass is 10.1. The van der Waals surface area contributed by atoms with Crippen LogP contribution < -0.4 is 4.78 Å². The van der Waals surface area contributed by atoms with Crippen molar-refractivity contribution in [2.45, 2.75) is 0 Å². The monoisotopic (exact) mass is 162 g/mol. The Labute approximate surface area is 68.1 Å². The quantitative estimate of drug-likeness (QED) is 0.437. The Morgan fingerprint density at radius 1 is 1.73 bits per heavy atom. The number of aromatic nitrogens is 2. The predicted molar refractivity (Wildman–Crippen MR) is 43.8 cm³/mol. The Hall–Kier alpha value is -1.10. The van der Waals surface area contributed by atoms with Crippen LogP contribution in [0.1, 0.15) is 10.5 Å². The highest BCUT2D eigenvalue weighted by atomic mass is 32.1. The average molecular weight is 162 g/mol. The van der Waals surface area contributed by atoms with E-state index in [2.05, 4.69) is 4.98 Å². The maximum Gasteiger partial charge on any atom is 0.171 e. The van der Waals surface area contributed by atoms with E-state index in [0.717, 1.165) is 11.1 Å². The number of nitrogens with zero attached hydrogens (tertiary/aromatic N) is 2. The van der Waals surface area contributed by atoms with Crippen molar-refractivity contribution in [3.8, 4) is 0 Å². The lowest BCUT2D eigenvalue weighted by molar-refractivity contribution is 0.112. The maximum absolute atomic E-state index is 10.4. The summed E-state index contributed by atoms with van der Waals surface area (Å²) in [6, 6.07) is 0. The molecule has 0 spiro atoms. The number of hydrogen-bond acceptors (Lipinski definition) is 3. The summed E-state index contributed by atoms with van der Waals surface area (Å²) in [6.07, 6.45) is 4.04. The molecule has 0 aliphatic carbocycles. The molecular formula is C6H3BN2OS. The molecule has 2 radical (unpaired) electrons. The van der Waals surface area contributed by atoms with Crippen LogP contribution in [0.3, 0.4) is 0 Å². The van der Waals surface area contributed by atoms with E-state index >= 15 is 0 Å². The second kappa shape index (κ2) is 2.20. The molecule has 0 aliphatic heterocycles. The fraction of sp³-hybridized carbons (Fsp3) is 0. The molecule has 0 amide bonds. The van der Waals surface area contributed by atoms with Gasteiger partial charge in [0.2, 0.25) is 0 Å². The summed E-state index contributed by atoms with van der Waals surface area (Å²) >= 11 is 1.36. The Morgan fingerprint density at radius 3 is 3.27 bits per heavy atom. The lowest BCUT2D eigenvalue weighted by Gasteiger charge is -1.76. The van der Waals surface area contributed by atoms with Crippen LogP contribution in [0.2, 0.25) is 0 Å². The third-order valence-corrected chi connectivity index (χ3v) is 2.32. The standard InChI is InChI=1S/C6H3BN2OS/c7-5-1-9-3-8-4(2-10)6(9)11-5/h1-3H. The summed E-state index contributed by atoms with van der Waals surface area (Å²) in [7, 11) is 5.51. The van der Waals surface area contributed by atoms with Crippen molar-refractivity contribution >= 4 is 35.1 Å². The van der Waals surface area contributed by atoms with Crippen molar-refractivity contribution in [3.63, 3.8) is 0 Å². The lowest BCUT2D eigenvalue weighted by Crippen LogP contribution is -1.91. The normalized spacial score (nSPS) is 10.5. The van der Waals surface area contributed by atoms with Gasteiger partial charge in [-0.3, -0.25) is 9.20 Å². The van der Waals surface area contributed by atoms with Crippen molar-refractivity contribution in [1.82, 2.24) is 9.38 Å². The maximum atomic E-state index is 10.4. The molecule has 0 fully saturated rings. The average Bonchev–Trinajstić information content (AvgIpc) is 2.45. The van der Waals surface area contributed by atoms with Gasteiger partial charge in [-0.15, -0.1) is 11.3 Å². The molecule has 11 heavy (non-hydrogen) atoms. The Bertz CT molecular complexity index is 406. The summed E-state index contributed by atoms with van der Waals surface area (Å²) in [6.45, 7) is 0. The number of imidazole rings is 1. The fourth-order valence-electron chi connectivity index (χ4n) is 0.917. The van der Waals surface area contributed by atoms with E-state index in [-0.39, 0.29) is 0 Å². The molecule has 0 N–H and O–H groups in total. The smallest absolute Gasteiger partial charge is 0.171 e. The highest BCUT2D eigenvalue weighted by Gasteiger charge is 2.04. The molecule has 2 heterocycles. The number of thiazole rings is 1. The fourth-order valence-corrected chi connectivity index (χ4v) is 1.72. The van der Waals surface area contributed by atoms with Gasteiger partial charge in [-0.25, -0.2) is 4.98 Å². The Kier molecular flexibility index (Phi) is 1.32. The van der Waals surface area contributed by atoms with Crippen LogP contribution in [0.15, 0.2) is 12.5 Å². The third kappa shape index (κ3) is 0.885. The predicted octanol–water partition coefficient (Wildman–Crippen LogP) is 0.00210. The summed E-state index contributed by atoms with van der Waals surface area (Å²) < 4.78 is 2.43. The van der Waals surface area contributed by atoms with Gasteiger partial charge in [-0.2, -0.15) is 0 Å². The molecule has 0 saturated heterocycles. The minimum Gasteiger partial charge on any atom is -0.297 e. The van der Waals surface area contributed by atoms with Crippen molar-refractivity contribution in [2.75, 3.05) is 0 Å². The minimum atomic E-state index is 0.451. The second-order valence-corrected chi connectivity index (χ2v) is 3.16. The van der Waals surface area contributed by atoms with Gasteiger partial charge >= 0.3 is 0 Å². The summed E-state index contributed by atoms with van der Waals surface area (Å²) in [4.78, 5) is 15.0. The van der Waals surface area contributed by atoms with Crippen LogP contribution in [0, 0.1) is 0 Å². The Balaban J connectivity index is 2.83. The van der Waals surface area contributed by atoms with Crippen LogP contribution in [0.5, 0.6) is 0 Å². The van der Waals surface area contributed by atoms with Crippen LogP contribution in [0.25, 0.3) is 4.83 Å². The van der Waals surface area contributed by atoms with Gasteiger partial charge in [-0.05, 0) is 4.78 Å². The van der Waals surface area contributed by atoms with Gasteiger partial charge in [0.15, 0.2) is 6.29 Å². The minimum absolute atomic E-state index is 0.451. The number of rotatable bonds is 1. The zero-order valence-electron chi connectivity index (χ0n) is 5.52. The second-order valence-electron chi connectivity index (χ2n) is 2.09. The molecule has 0 aliphatic rings. The molecule has 2 aromatic rings. The van der Waals surface area contributed by atoms with Gasteiger partial charge in [-0.1, -0.05) is 0 Å². The molecule has 5 heteroatoms. The van der Waals surface area contributed by atoms with Crippen molar-refractivity contribution in [1.29, 1.82) is 0 Å². The molecule has 2 aromatic heterocycles. The number of carbonyl (C=O) groups excluding carboxylic acids is 1. The zero-order valence-corrected chi connectivity index (χ0v) is 6.34. The van der Waals surface area contributed by atoms with Gasteiger partial charge in [0.25, 0.3) is 0 Å². The molecule has 0 aromatic carbocycles. The van der Waals surface area contributed by atoms with Crippen LogP contribution in [-0.2, 0) is 0 Å². The van der Waals surface area contributed by atoms with E-state index in [1.165, 1.54) is 11.3 Å². The first-order valence-corrected chi connectivity index (χ1v) is 3.80. The number of aldehydes is 1. The van der Waals surface area contributed by atoms with Gasteiger partial charge in [0.05, 0.1) is 0 Å². The molecule has 0 saturated carbocycles. The highest BCUT2D eigenvalue weighted by Crippen LogP contribution is 2.11. The summed E-state index contributed by atoms with van der Waals surface area (Å²) in [5, 5.41) is 0. The van der Waals surface area contributed by atoms with Gasteiger partial charge in [0, 0.05) is 6.20 Å². The van der Waals surface area contributed by atoms with Crippen LogP contribution in [0.4, 0.5) is 0 Å². The molecule has 2 rings (SSSR count). The molecule has 3 nitrogen and oxygen atoms in total. The van der Waals surface area contributed by atoms with Crippen molar-refractivity contribution in [2.24, 2.45) is 0 Å². The first-order valence-electron chi connectivity index (χ1n) is 2.98. The summed E-state index contributed by atoms with van der Waals surface area (Å²) in [5.41, 5.74) is 0.451. The zero-order chi connectivity index (χ0) is 7.84. The molecular weight excluding hydrogens is 159 g/mol. The molecule has 0 bridgehead atoms. The molecule has 0 unspecified atom stereocenters. The molecule has 52 valence electrons. The van der Waals surface area contributed by atoms with Gasteiger partial charge < -0.3 is 0 Å². The van der Waals surface area contributed by atoms with E-state index in [9.17, 15) is 4.79 Å². The largest absolute Gasteiger partial charge is 0.297 e. The van der Waals surface area contributed by atoms with Gasteiger partial charge in [0.1, 0.15) is 24.7 Å². The third-order valence-electron chi connectivity index (χ3n) is 1.37.